The second-order valence-corrected chi connectivity index (χ2v) is 6.17. The highest BCUT2D eigenvalue weighted by molar-refractivity contribution is 5.64. The van der Waals surface area contributed by atoms with Gasteiger partial charge in [-0.2, -0.15) is 5.10 Å². The van der Waals surface area contributed by atoms with E-state index in [4.69, 9.17) is 4.74 Å². The third-order valence-corrected chi connectivity index (χ3v) is 3.70. The lowest BCUT2D eigenvalue weighted by molar-refractivity contribution is 0.242. The molecule has 0 fully saturated rings. The molecule has 0 aliphatic carbocycles. The van der Waals surface area contributed by atoms with Crippen LogP contribution in [0.15, 0.2) is 30.5 Å². The number of benzene rings is 1. The first-order valence-electron chi connectivity index (χ1n) is 8.12. The average molecular weight is 316 g/mol. The number of nitrogens with one attached hydrogen (secondary N) is 1. The van der Waals surface area contributed by atoms with Crippen LogP contribution in [0.25, 0.3) is 11.3 Å². The predicted octanol–water partition coefficient (Wildman–Crippen LogP) is 2.53. The molecule has 1 aromatic carbocycles. The van der Waals surface area contributed by atoms with E-state index in [1.165, 1.54) is 5.56 Å². The van der Waals surface area contributed by atoms with Crippen LogP contribution in [0, 0.1) is 0 Å². The van der Waals surface area contributed by atoms with Crippen molar-refractivity contribution in [2.45, 2.75) is 26.5 Å². The van der Waals surface area contributed by atoms with Gasteiger partial charge < -0.3 is 15.0 Å². The van der Waals surface area contributed by atoms with Crippen molar-refractivity contribution in [2.24, 2.45) is 7.05 Å². The molecule has 0 atom stereocenters. The summed E-state index contributed by atoms with van der Waals surface area (Å²) in [5, 5.41) is 7.62. The Morgan fingerprint density at radius 1 is 1.26 bits per heavy atom. The number of ether oxygens (including phenoxy) is 1. The van der Waals surface area contributed by atoms with Gasteiger partial charge in [0, 0.05) is 37.8 Å². The summed E-state index contributed by atoms with van der Waals surface area (Å²) in [7, 11) is 6.10. The molecule has 1 aromatic heterocycles. The highest BCUT2D eigenvalue weighted by Crippen LogP contribution is 2.26. The zero-order chi connectivity index (χ0) is 16.8. The van der Waals surface area contributed by atoms with E-state index < -0.39 is 0 Å². The normalized spacial score (nSPS) is 11.4. The molecule has 0 unspecified atom stereocenters. The molecule has 2 aromatic rings. The second-order valence-electron chi connectivity index (χ2n) is 6.17. The second kappa shape index (κ2) is 8.13. The van der Waals surface area contributed by atoms with Crippen LogP contribution in [0.3, 0.4) is 0 Å². The molecular formula is C18H28N4O. The van der Waals surface area contributed by atoms with Crippen LogP contribution in [0.2, 0.25) is 0 Å². The van der Waals surface area contributed by atoms with Crippen LogP contribution in [0.5, 0.6) is 5.75 Å². The molecule has 1 N–H and O–H groups in total. The minimum atomic E-state index is 0.189. The summed E-state index contributed by atoms with van der Waals surface area (Å²) in [4.78, 5) is 2.30. The van der Waals surface area contributed by atoms with Crippen molar-refractivity contribution in [3.05, 3.63) is 36.0 Å². The first-order chi connectivity index (χ1) is 11.0. The Bertz CT molecular complexity index is 604. The van der Waals surface area contributed by atoms with E-state index in [9.17, 15) is 0 Å². The van der Waals surface area contributed by atoms with Gasteiger partial charge in [0.1, 0.15) is 5.75 Å². The van der Waals surface area contributed by atoms with Gasteiger partial charge >= 0.3 is 0 Å². The quantitative estimate of drug-likeness (QED) is 0.813. The SMILES string of the molecule is CNCCN(C)Cc1cnn(C)c1-c1ccc(OC(C)C)cc1. The Kier molecular flexibility index (Phi) is 6.19. The monoisotopic (exact) mass is 316 g/mol. The number of likely N-dealkylation sites (N-methyl/N-ethyl adjacent to an activating group) is 2. The van der Waals surface area contributed by atoms with Crippen molar-refractivity contribution in [1.29, 1.82) is 0 Å². The summed E-state index contributed by atoms with van der Waals surface area (Å²) in [5.41, 5.74) is 3.57. The molecule has 5 nitrogen and oxygen atoms in total. The van der Waals surface area contributed by atoms with Crippen molar-refractivity contribution >= 4 is 0 Å². The Balaban J connectivity index is 2.17. The van der Waals surface area contributed by atoms with Crippen molar-refractivity contribution in [2.75, 3.05) is 27.2 Å². The highest BCUT2D eigenvalue weighted by atomic mass is 16.5. The van der Waals surface area contributed by atoms with Crippen molar-refractivity contribution < 1.29 is 4.74 Å². The summed E-state index contributed by atoms with van der Waals surface area (Å²) in [6, 6.07) is 8.26. The third kappa shape index (κ3) is 4.81. The molecule has 0 saturated heterocycles. The molecule has 0 aliphatic rings. The molecule has 0 bridgehead atoms. The summed E-state index contributed by atoms with van der Waals surface area (Å²) in [6.45, 7) is 6.94. The van der Waals surface area contributed by atoms with Gasteiger partial charge in [-0.1, -0.05) is 0 Å². The van der Waals surface area contributed by atoms with Gasteiger partial charge in [0.15, 0.2) is 0 Å². The number of nitrogens with zero attached hydrogens (tertiary/aromatic N) is 3. The van der Waals surface area contributed by atoms with E-state index in [2.05, 4.69) is 34.5 Å². The molecular weight excluding hydrogens is 288 g/mol. The largest absolute Gasteiger partial charge is 0.491 e. The first-order valence-corrected chi connectivity index (χ1v) is 8.12. The first kappa shape index (κ1) is 17.5. The van der Waals surface area contributed by atoms with Crippen LogP contribution < -0.4 is 10.1 Å². The molecule has 0 spiro atoms. The summed E-state index contributed by atoms with van der Waals surface area (Å²) >= 11 is 0. The van der Waals surface area contributed by atoms with Gasteiger partial charge in [0.2, 0.25) is 0 Å². The van der Waals surface area contributed by atoms with Crippen LogP contribution in [-0.4, -0.2) is 48.0 Å². The van der Waals surface area contributed by atoms with Crippen LogP contribution in [0.4, 0.5) is 0 Å². The fourth-order valence-electron chi connectivity index (χ4n) is 2.61. The maximum absolute atomic E-state index is 5.72. The molecule has 2 rings (SSSR count). The Morgan fingerprint density at radius 2 is 1.96 bits per heavy atom. The Hall–Kier alpha value is -1.85. The Labute approximate surface area is 139 Å². The molecule has 0 amide bonds. The topological polar surface area (TPSA) is 42.3 Å². The van der Waals surface area contributed by atoms with E-state index >= 15 is 0 Å². The highest BCUT2D eigenvalue weighted by Gasteiger charge is 2.13. The van der Waals surface area contributed by atoms with Gasteiger partial charge in [-0.15, -0.1) is 0 Å². The van der Waals surface area contributed by atoms with E-state index in [1.54, 1.807) is 0 Å². The van der Waals surface area contributed by atoms with Crippen molar-refractivity contribution in [3.63, 3.8) is 0 Å². The molecule has 0 radical (unpaired) electrons. The van der Waals surface area contributed by atoms with Gasteiger partial charge in [-0.25, -0.2) is 0 Å². The van der Waals surface area contributed by atoms with Gasteiger partial charge in [-0.3, -0.25) is 4.68 Å². The van der Waals surface area contributed by atoms with Crippen molar-refractivity contribution in [3.8, 4) is 17.0 Å². The molecule has 0 saturated carbocycles. The number of hydrogen-bond acceptors (Lipinski definition) is 4. The zero-order valence-corrected chi connectivity index (χ0v) is 14.8. The minimum absolute atomic E-state index is 0.189. The lowest BCUT2D eigenvalue weighted by atomic mass is 10.1. The summed E-state index contributed by atoms with van der Waals surface area (Å²) in [6.07, 6.45) is 2.15. The number of hydrogen-bond donors (Lipinski definition) is 1. The van der Waals surface area contributed by atoms with Gasteiger partial charge in [-0.05, 0) is 52.2 Å². The van der Waals surface area contributed by atoms with E-state index in [0.29, 0.717) is 0 Å². The molecule has 5 heteroatoms. The lowest BCUT2D eigenvalue weighted by Crippen LogP contribution is -2.27. The van der Waals surface area contributed by atoms with Crippen LogP contribution in [-0.2, 0) is 13.6 Å². The lowest BCUT2D eigenvalue weighted by Gasteiger charge is -2.17. The number of rotatable bonds is 8. The fraction of sp³-hybridized carbons (Fsp3) is 0.500. The van der Waals surface area contributed by atoms with Crippen LogP contribution >= 0.6 is 0 Å². The standard InChI is InChI=1S/C18H28N4O/c1-14(2)23-17-8-6-15(7-9-17)18-16(12-20-22(18)5)13-21(4)11-10-19-3/h6-9,12,14,19H,10-11,13H2,1-5H3. The number of aromatic nitrogens is 2. The third-order valence-electron chi connectivity index (χ3n) is 3.70. The molecule has 23 heavy (non-hydrogen) atoms. The smallest absolute Gasteiger partial charge is 0.119 e. The van der Waals surface area contributed by atoms with E-state index in [1.807, 2.05) is 51.0 Å². The predicted molar refractivity (Wildman–Crippen MR) is 94.7 cm³/mol. The molecule has 1 heterocycles. The maximum atomic E-state index is 5.72. The zero-order valence-electron chi connectivity index (χ0n) is 14.8. The average Bonchev–Trinajstić information content (AvgIpc) is 2.86. The van der Waals surface area contributed by atoms with Gasteiger partial charge in [0.25, 0.3) is 0 Å². The number of aryl methyl sites for hydroxylation is 1. The summed E-state index contributed by atoms with van der Waals surface area (Å²) in [5.74, 6) is 0.901. The summed E-state index contributed by atoms with van der Waals surface area (Å²) < 4.78 is 7.66. The molecule has 0 aliphatic heterocycles. The molecule has 126 valence electrons. The van der Waals surface area contributed by atoms with Crippen molar-refractivity contribution in [1.82, 2.24) is 20.0 Å². The van der Waals surface area contributed by atoms with E-state index in [-0.39, 0.29) is 6.10 Å². The van der Waals surface area contributed by atoms with Gasteiger partial charge in [0.05, 0.1) is 18.0 Å². The fourth-order valence-corrected chi connectivity index (χ4v) is 2.61. The Morgan fingerprint density at radius 3 is 2.57 bits per heavy atom. The minimum Gasteiger partial charge on any atom is -0.491 e. The van der Waals surface area contributed by atoms with Crippen LogP contribution in [0.1, 0.15) is 19.4 Å². The maximum Gasteiger partial charge on any atom is 0.119 e. The van der Waals surface area contributed by atoms with E-state index in [0.717, 1.165) is 36.6 Å².